The summed E-state index contributed by atoms with van der Waals surface area (Å²) in [6.45, 7) is 2.44. The summed E-state index contributed by atoms with van der Waals surface area (Å²) in [4.78, 5) is 32.6. The Morgan fingerprint density at radius 2 is 1.90 bits per heavy atom. The number of carbonyl (C=O) groups excluding carboxylic acids is 2. The van der Waals surface area contributed by atoms with Crippen LogP contribution in [-0.4, -0.2) is 53.4 Å². The second-order valence-electron chi connectivity index (χ2n) is 7.02. The Labute approximate surface area is 173 Å². The monoisotopic (exact) mass is 409 g/mol. The number of nitrogens with zero attached hydrogens (tertiary/aromatic N) is 3. The number of hydrogen-bond donors (Lipinski definition) is 1. The summed E-state index contributed by atoms with van der Waals surface area (Å²) in [5.74, 6) is -1.50. The Morgan fingerprint density at radius 3 is 2.60 bits per heavy atom. The van der Waals surface area contributed by atoms with Crippen molar-refractivity contribution in [3.63, 3.8) is 0 Å². The zero-order chi connectivity index (χ0) is 21.3. The molecule has 0 spiro atoms. The average Bonchev–Trinajstić information content (AvgIpc) is 3.12. The summed E-state index contributed by atoms with van der Waals surface area (Å²) in [5.41, 5.74) is 2.22. The molecule has 2 atom stereocenters. The first-order chi connectivity index (χ1) is 14.6. The van der Waals surface area contributed by atoms with Crippen LogP contribution in [0, 0.1) is 5.92 Å². The molecule has 0 unspecified atom stereocenters. The molecule has 0 saturated heterocycles. The zero-order valence-electron chi connectivity index (χ0n) is 16.8. The Balaban J connectivity index is 1.97. The molecule has 30 heavy (non-hydrogen) atoms. The molecule has 156 valence electrons. The van der Waals surface area contributed by atoms with Crippen LogP contribution in [0.5, 0.6) is 5.75 Å². The molecule has 8 nitrogen and oxygen atoms in total. The van der Waals surface area contributed by atoms with Gasteiger partial charge in [0, 0.05) is 7.11 Å². The van der Waals surface area contributed by atoms with E-state index >= 15 is 0 Å². The van der Waals surface area contributed by atoms with Crippen molar-refractivity contribution in [3.05, 3.63) is 54.1 Å². The first-order valence-electron chi connectivity index (χ1n) is 9.79. The van der Waals surface area contributed by atoms with Gasteiger partial charge in [0.2, 0.25) is 11.9 Å². The number of aromatic hydroxyl groups is 1. The molecule has 2 heterocycles. The van der Waals surface area contributed by atoms with Crippen molar-refractivity contribution < 1.29 is 24.2 Å². The molecule has 0 aliphatic carbocycles. The summed E-state index contributed by atoms with van der Waals surface area (Å²) in [6, 6.07) is 13.4. The topological polar surface area (TPSA) is 93.9 Å². The first kappa shape index (κ1) is 19.9. The maximum Gasteiger partial charge on any atom is 0.321 e. The van der Waals surface area contributed by atoms with Gasteiger partial charge >= 0.3 is 5.97 Å². The number of aromatic nitrogens is 2. The molecule has 1 aliphatic rings. The average molecular weight is 409 g/mol. The van der Waals surface area contributed by atoms with Gasteiger partial charge in [-0.25, -0.2) is 4.98 Å². The van der Waals surface area contributed by atoms with Crippen LogP contribution in [-0.2, 0) is 19.1 Å². The molecule has 0 saturated carbocycles. The lowest BCUT2D eigenvalue weighted by Crippen LogP contribution is -2.51. The quantitative estimate of drug-likeness (QED) is 0.497. The fourth-order valence-electron chi connectivity index (χ4n) is 3.91. The number of rotatable bonds is 6. The van der Waals surface area contributed by atoms with Crippen LogP contribution < -0.4 is 4.90 Å². The lowest BCUT2D eigenvalue weighted by atomic mass is 9.89. The lowest BCUT2D eigenvalue weighted by molar-refractivity contribution is -0.153. The van der Waals surface area contributed by atoms with Crippen molar-refractivity contribution in [1.29, 1.82) is 0 Å². The number of benzene rings is 2. The third-order valence-electron chi connectivity index (χ3n) is 5.24. The highest BCUT2D eigenvalue weighted by Gasteiger charge is 2.47. The summed E-state index contributed by atoms with van der Waals surface area (Å²) in [5, 5.41) is 9.73. The van der Waals surface area contributed by atoms with E-state index in [1.807, 2.05) is 28.8 Å². The van der Waals surface area contributed by atoms with Gasteiger partial charge in [-0.05, 0) is 36.8 Å². The smallest absolute Gasteiger partial charge is 0.321 e. The highest BCUT2D eigenvalue weighted by atomic mass is 16.5. The predicted octanol–water partition coefficient (Wildman–Crippen LogP) is 2.50. The van der Waals surface area contributed by atoms with E-state index in [9.17, 15) is 14.7 Å². The van der Waals surface area contributed by atoms with Crippen molar-refractivity contribution in [1.82, 2.24) is 9.55 Å². The Morgan fingerprint density at radius 1 is 1.17 bits per heavy atom. The highest BCUT2D eigenvalue weighted by Crippen LogP contribution is 2.41. The van der Waals surface area contributed by atoms with Crippen molar-refractivity contribution in [2.24, 2.45) is 5.92 Å². The Kier molecular flexibility index (Phi) is 5.41. The molecule has 1 aliphatic heterocycles. The van der Waals surface area contributed by atoms with Crippen molar-refractivity contribution in [3.8, 4) is 5.75 Å². The van der Waals surface area contributed by atoms with Gasteiger partial charge in [0.1, 0.15) is 5.75 Å². The summed E-state index contributed by atoms with van der Waals surface area (Å²) in [7, 11) is 1.56. The molecule has 4 rings (SSSR count). The molecule has 1 aromatic heterocycles. The van der Waals surface area contributed by atoms with E-state index in [1.54, 1.807) is 26.2 Å². The van der Waals surface area contributed by atoms with E-state index in [0.717, 1.165) is 11.0 Å². The second kappa shape index (κ2) is 8.16. The van der Waals surface area contributed by atoms with E-state index in [1.165, 1.54) is 17.0 Å². The van der Waals surface area contributed by atoms with Gasteiger partial charge in [0.15, 0.2) is 5.92 Å². The van der Waals surface area contributed by atoms with Crippen molar-refractivity contribution >= 4 is 28.9 Å². The van der Waals surface area contributed by atoms with E-state index in [-0.39, 0.29) is 24.8 Å². The van der Waals surface area contributed by atoms with Crippen LogP contribution in [0.25, 0.3) is 11.0 Å². The number of fused-ring (bicyclic) bond motifs is 3. The van der Waals surface area contributed by atoms with Gasteiger partial charge in [-0.15, -0.1) is 0 Å². The zero-order valence-corrected chi connectivity index (χ0v) is 16.8. The van der Waals surface area contributed by atoms with E-state index in [0.29, 0.717) is 18.1 Å². The Hall–Kier alpha value is -3.39. The second-order valence-corrected chi connectivity index (χ2v) is 7.02. The number of amides is 1. The normalized spacial score (nSPS) is 18.5. The molecule has 3 aromatic rings. The van der Waals surface area contributed by atoms with Gasteiger partial charge in [-0.1, -0.05) is 24.3 Å². The summed E-state index contributed by atoms with van der Waals surface area (Å²) < 4.78 is 12.4. The van der Waals surface area contributed by atoms with Gasteiger partial charge in [-0.2, -0.15) is 0 Å². The molecular formula is C22H23N3O5. The number of phenolic OH excluding ortho intramolecular Hbond substituents is 1. The molecule has 8 heteroatoms. The van der Waals surface area contributed by atoms with Gasteiger partial charge in [0.05, 0.1) is 36.8 Å². The number of methoxy groups -OCH3 is 1. The minimum Gasteiger partial charge on any atom is -0.508 e. The maximum atomic E-state index is 13.5. The standard InChI is InChI=1S/C22H23N3O5/c1-3-30-21(28)18-19(14-8-10-15(26)11-9-14)25-17-7-5-4-6-16(17)23-22(25)24(20(18)27)12-13-29-2/h4-11,18-19,26H,3,12-13H2,1-2H3/t18-,19-/m0/s1. The minimum absolute atomic E-state index is 0.103. The number of imidazole rings is 1. The number of phenols is 1. The molecule has 0 radical (unpaired) electrons. The van der Waals surface area contributed by atoms with Crippen molar-refractivity contribution in [2.75, 3.05) is 31.8 Å². The van der Waals surface area contributed by atoms with E-state index in [4.69, 9.17) is 9.47 Å². The summed E-state index contributed by atoms with van der Waals surface area (Å²) >= 11 is 0. The van der Waals surface area contributed by atoms with Crippen molar-refractivity contribution in [2.45, 2.75) is 13.0 Å². The Bertz CT molecular complexity index is 1080. The number of esters is 1. The third kappa shape index (κ3) is 3.29. The minimum atomic E-state index is -1.09. The van der Waals surface area contributed by atoms with Gasteiger partial charge in [0.25, 0.3) is 0 Å². The molecular weight excluding hydrogens is 386 g/mol. The molecule has 0 bridgehead atoms. The fraction of sp³-hybridized carbons (Fsp3) is 0.318. The summed E-state index contributed by atoms with van der Waals surface area (Å²) in [6.07, 6.45) is 0. The lowest BCUT2D eigenvalue weighted by Gasteiger charge is -2.37. The number of para-hydroxylation sites is 2. The SMILES string of the molecule is CCOC(=O)[C@@H]1C(=O)N(CCOC)c2nc3ccccc3n2[C@H]1c1ccc(O)cc1. The largest absolute Gasteiger partial charge is 0.508 e. The molecule has 2 aromatic carbocycles. The van der Waals surface area contributed by atoms with E-state index in [2.05, 4.69) is 4.98 Å². The maximum absolute atomic E-state index is 13.5. The van der Waals surface area contributed by atoms with E-state index < -0.39 is 17.9 Å². The molecule has 0 fully saturated rings. The highest BCUT2D eigenvalue weighted by molar-refractivity contribution is 6.08. The van der Waals surface area contributed by atoms with Crippen LogP contribution >= 0.6 is 0 Å². The van der Waals surface area contributed by atoms with Crippen LogP contribution in [0.3, 0.4) is 0 Å². The number of hydrogen-bond acceptors (Lipinski definition) is 6. The van der Waals surface area contributed by atoms with Crippen LogP contribution in [0.15, 0.2) is 48.5 Å². The molecule has 1 N–H and O–H groups in total. The predicted molar refractivity (Wildman–Crippen MR) is 110 cm³/mol. The van der Waals surface area contributed by atoms with Crippen LogP contribution in [0.4, 0.5) is 5.95 Å². The first-order valence-corrected chi connectivity index (χ1v) is 9.79. The van der Waals surface area contributed by atoms with Gasteiger partial charge in [-0.3, -0.25) is 14.5 Å². The van der Waals surface area contributed by atoms with Crippen LogP contribution in [0.2, 0.25) is 0 Å². The number of carbonyl (C=O) groups is 2. The van der Waals surface area contributed by atoms with Gasteiger partial charge < -0.3 is 19.1 Å². The van der Waals surface area contributed by atoms with Crippen LogP contribution in [0.1, 0.15) is 18.5 Å². The number of anilines is 1. The number of ether oxygens (including phenoxy) is 2. The fourth-order valence-corrected chi connectivity index (χ4v) is 3.91. The molecule has 1 amide bonds. The third-order valence-corrected chi connectivity index (χ3v) is 5.24.